The molecule has 2 atom stereocenters. The summed E-state index contributed by atoms with van der Waals surface area (Å²) in [5.74, 6) is 0.919. The molecule has 1 saturated carbocycles. The van der Waals surface area contributed by atoms with Crippen LogP contribution in [0.5, 0.6) is 0 Å². The predicted molar refractivity (Wildman–Crippen MR) is 78.7 cm³/mol. The highest BCUT2D eigenvalue weighted by Gasteiger charge is 2.44. The molecule has 3 nitrogen and oxygen atoms in total. The molecule has 2 aliphatic rings. The van der Waals surface area contributed by atoms with Crippen LogP contribution < -0.4 is 5.32 Å². The molecule has 2 unspecified atom stereocenters. The molecule has 19 heavy (non-hydrogen) atoms. The second-order valence-electron chi connectivity index (χ2n) is 6.95. The highest BCUT2D eigenvalue weighted by molar-refractivity contribution is 5.84. The summed E-state index contributed by atoms with van der Waals surface area (Å²) in [4.78, 5) is 14.8. The Morgan fingerprint density at radius 1 is 1.37 bits per heavy atom. The van der Waals surface area contributed by atoms with Crippen molar-refractivity contribution < 1.29 is 4.79 Å². The summed E-state index contributed by atoms with van der Waals surface area (Å²) >= 11 is 0. The van der Waals surface area contributed by atoms with Crippen molar-refractivity contribution in [3.05, 3.63) is 0 Å². The topological polar surface area (TPSA) is 32.3 Å². The van der Waals surface area contributed by atoms with E-state index in [0.29, 0.717) is 17.2 Å². The first-order valence-electron chi connectivity index (χ1n) is 8.08. The van der Waals surface area contributed by atoms with Crippen LogP contribution in [0.4, 0.5) is 0 Å². The van der Waals surface area contributed by atoms with Gasteiger partial charge in [0.2, 0.25) is 5.91 Å². The Morgan fingerprint density at radius 3 is 2.47 bits per heavy atom. The molecule has 0 spiro atoms. The third kappa shape index (κ3) is 2.96. The second kappa shape index (κ2) is 5.82. The average Bonchev–Trinajstić information content (AvgIpc) is 2.60. The summed E-state index contributed by atoms with van der Waals surface area (Å²) in [6.07, 6.45) is 7.40. The van der Waals surface area contributed by atoms with E-state index in [1.807, 2.05) is 0 Å². The van der Waals surface area contributed by atoms with Crippen LogP contribution in [-0.2, 0) is 4.79 Å². The van der Waals surface area contributed by atoms with E-state index >= 15 is 0 Å². The molecule has 2 fully saturated rings. The Kier molecular flexibility index (Phi) is 4.54. The zero-order valence-electron chi connectivity index (χ0n) is 13.0. The van der Waals surface area contributed by atoms with Crippen molar-refractivity contribution in [3.8, 4) is 0 Å². The molecule has 2 rings (SSSR count). The van der Waals surface area contributed by atoms with E-state index < -0.39 is 0 Å². The fourth-order valence-electron chi connectivity index (χ4n) is 3.58. The third-order valence-corrected chi connectivity index (χ3v) is 5.11. The molecule has 0 aromatic rings. The smallest absolute Gasteiger partial charge is 0.241 e. The summed E-state index contributed by atoms with van der Waals surface area (Å²) in [7, 11) is 0. The SMILES string of the molecule is CCC1NC(CC(C)C)C(=O)N1CC1(CC)CCC1. The Balaban J connectivity index is 2.03. The Hall–Kier alpha value is -0.570. The third-order valence-electron chi connectivity index (χ3n) is 5.11. The van der Waals surface area contributed by atoms with Gasteiger partial charge in [0.05, 0.1) is 12.2 Å². The molecule has 1 N–H and O–H groups in total. The van der Waals surface area contributed by atoms with E-state index in [9.17, 15) is 4.79 Å². The summed E-state index contributed by atoms with van der Waals surface area (Å²) in [5.41, 5.74) is 0.428. The van der Waals surface area contributed by atoms with Crippen LogP contribution in [0.1, 0.15) is 66.2 Å². The van der Waals surface area contributed by atoms with Crippen LogP contribution in [0.2, 0.25) is 0 Å². The number of hydrogen-bond donors (Lipinski definition) is 1. The zero-order chi connectivity index (χ0) is 14.0. The van der Waals surface area contributed by atoms with Gasteiger partial charge >= 0.3 is 0 Å². The van der Waals surface area contributed by atoms with Crippen molar-refractivity contribution in [1.82, 2.24) is 10.2 Å². The van der Waals surface area contributed by atoms with E-state index in [1.165, 1.54) is 25.7 Å². The normalized spacial score (nSPS) is 29.9. The fourth-order valence-corrected chi connectivity index (χ4v) is 3.58. The molecule has 110 valence electrons. The van der Waals surface area contributed by atoms with Crippen LogP contribution in [0, 0.1) is 11.3 Å². The molecular weight excluding hydrogens is 236 g/mol. The first kappa shape index (κ1) is 14.8. The van der Waals surface area contributed by atoms with Gasteiger partial charge in [-0.25, -0.2) is 0 Å². The maximum atomic E-state index is 12.6. The number of carbonyl (C=O) groups is 1. The molecule has 1 amide bonds. The van der Waals surface area contributed by atoms with Gasteiger partial charge in [-0.3, -0.25) is 10.1 Å². The summed E-state index contributed by atoms with van der Waals surface area (Å²) in [6.45, 7) is 9.81. The van der Waals surface area contributed by atoms with Gasteiger partial charge < -0.3 is 4.90 Å². The average molecular weight is 266 g/mol. The van der Waals surface area contributed by atoms with Crippen molar-refractivity contribution in [3.63, 3.8) is 0 Å². The first-order valence-corrected chi connectivity index (χ1v) is 8.08. The maximum Gasteiger partial charge on any atom is 0.241 e. The highest BCUT2D eigenvalue weighted by atomic mass is 16.2. The van der Waals surface area contributed by atoms with Crippen molar-refractivity contribution in [2.75, 3.05) is 6.54 Å². The van der Waals surface area contributed by atoms with Crippen molar-refractivity contribution >= 4 is 5.91 Å². The van der Waals surface area contributed by atoms with Gasteiger partial charge in [-0.15, -0.1) is 0 Å². The van der Waals surface area contributed by atoms with Gasteiger partial charge in [-0.2, -0.15) is 0 Å². The lowest BCUT2D eigenvalue weighted by Crippen LogP contribution is -2.47. The molecular formula is C16H30N2O. The minimum Gasteiger partial charge on any atom is -0.325 e. The van der Waals surface area contributed by atoms with E-state index in [-0.39, 0.29) is 12.2 Å². The lowest BCUT2D eigenvalue weighted by molar-refractivity contribution is -0.133. The van der Waals surface area contributed by atoms with Crippen LogP contribution in [-0.4, -0.2) is 29.6 Å². The van der Waals surface area contributed by atoms with Crippen LogP contribution in [0.3, 0.4) is 0 Å². The lowest BCUT2D eigenvalue weighted by Gasteiger charge is -2.45. The van der Waals surface area contributed by atoms with E-state index in [4.69, 9.17) is 0 Å². The number of hydrogen-bond acceptors (Lipinski definition) is 2. The van der Waals surface area contributed by atoms with Crippen molar-refractivity contribution in [1.29, 1.82) is 0 Å². The monoisotopic (exact) mass is 266 g/mol. The number of nitrogens with zero attached hydrogens (tertiary/aromatic N) is 1. The largest absolute Gasteiger partial charge is 0.325 e. The molecule has 0 aromatic heterocycles. The van der Waals surface area contributed by atoms with E-state index in [0.717, 1.165) is 19.4 Å². The molecule has 0 aromatic carbocycles. The van der Waals surface area contributed by atoms with Crippen LogP contribution in [0.15, 0.2) is 0 Å². The van der Waals surface area contributed by atoms with Crippen LogP contribution >= 0.6 is 0 Å². The molecule has 1 aliphatic heterocycles. The summed E-state index contributed by atoms with van der Waals surface area (Å²) < 4.78 is 0. The Bertz CT molecular complexity index is 317. The standard InChI is InChI=1S/C16H30N2O/c1-5-14-17-13(10-12(3)4)15(19)18(14)11-16(6-2)8-7-9-16/h12-14,17H,5-11H2,1-4H3. The predicted octanol–water partition coefficient (Wildman–Crippen LogP) is 3.15. The number of carbonyl (C=O) groups excluding carboxylic acids is 1. The summed E-state index contributed by atoms with van der Waals surface area (Å²) in [5, 5.41) is 3.54. The molecule has 0 bridgehead atoms. The van der Waals surface area contributed by atoms with Gasteiger partial charge in [-0.1, -0.05) is 34.1 Å². The second-order valence-corrected chi connectivity index (χ2v) is 6.95. The van der Waals surface area contributed by atoms with Crippen LogP contribution in [0.25, 0.3) is 0 Å². The minimum atomic E-state index is 0.0546. The molecule has 0 radical (unpaired) electrons. The Morgan fingerprint density at radius 2 is 2.05 bits per heavy atom. The quantitative estimate of drug-likeness (QED) is 0.801. The maximum absolute atomic E-state index is 12.6. The fraction of sp³-hybridized carbons (Fsp3) is 0.938. The first-order chi connectivity index (χ1) is 9.01. The van der Waals surface area contributed by atoms with Gasteiger partial charge in [0.25, 0.3) is 0 Å². The Labute approximate surface area is 118 Å². The molecule has 3 heteroatoms. The minimum absolute atomic E-state index is 0.0546. The van der Waals surface area contributed by atoms with Gasteiger partial charge in [-0.05, 0) is 43.4 Å². The molecule has 1 saturated heterocycles. The number of nitrogens with one attached hydrogen (secondary N) is 1. The molecule has 1 aliphatic carbocycles. The zero-order valence-corrected chi connectivity index (χ0v) is 13.0. The van der Waals surface area contributed by atoms with Gasteiger partial charge in [0.1, 0.15) is 0 Å². The van der Waals surface area contributed by atoms with Gasteiger partial charge in [0.15, 0.2) is 0 Å². The number of amides is 1. The number of rotatable bonds is 6. The van der Waals surface area contributed by atoms with Crippen molar-refractivity contribution in [2.24, 2.45) is 11.3 Å². The molecule has 1 heterocycles. The highest BCUT2D eigenvalue weighted by Crippen LogP contribution is 2.45. The van der Waals surface area contributed by atoms with E-state index in [2.05, 4.69) is 37.9 Å². The lowest BCUT2D eigenvalue weighted by atomic mass is 9.66. The van der Waals surface area contributed by atoms with Crippen molar-refractivity contribution in [2.45, 2.75) is 78.4 Å². The summed E-state index contributed by atoms with van der Waals surface area (Å²) in [6, 6.07) is 0.0546. The van der Waals surface area contributed by atoms with Gasteiger partial charge in [0, 0.05) is 6.54 Å². The van der Waals surface area contributed by atoms with E-state index in [1.54, 1.807) is 0 Å².